The summed E-state index contributed by atoms with van der Waals surface area (Å²) in [5.41, 5.74) is 0. The standard InChI is InChI=1S/C5H10Cl4OP2S2/c1-2-10-4-3-5(11(6,7)13)12(8,9)14/h5H,2-4H2,1H3. The Balaban J connectivity index is 4.45. The van der Waals surface area contributed by atoms with E-state index in [-0.39, 0.29) is 5.40 Å². The molecule has 0 radical (unpaired) electrons. The summed E-state index contributed by atoms with van der Waals surface area (Å²) in [7, 11) is 0. The van der Waals surface area contributed by atoms with Crippen LogP contribution in [0.3, 0.4) is 0 Å². The van der Waals surface area contributed by atoms with Crippen LogP contribution in [0.15, 0.2) is 0 Å². The molecule has 0 spiro atoms. The van der Waals surface area contributed by atoms with Gasteiger partial charge >= 0.3 is 0 Å². The topological polar surface area (TPSA) is 9.23 Å². The van der Waals surface area contributed by atoms with Crippen LogP contribution in [0, 0.1) is 0 Å². The average Bonchev–Trinajstić information content (AvgIpc) is 1.92. The Morgan fingerprint density at radius 3 is 1.86 bits per heavy atom. The molecule has 0 amide bonds. The van der Waals surface area contributed by atoms with Crippen LogP contribution in [0.2, 0.25) is 0 Å². The molecule has 0 aliphatic carbocycles. The summed E-state index contributed by atoms with van der Waals surface area (Å²) in [4.78, 5) is 0. The fourth-order valence-corrected chi connectivity index (χ4v) is 15.9. The van der Waals surface area contributed by atoms with Gasteiger partial charge in [0.15, 0.2) is 0 Å². The lowest BCUT2D eigenvalue weighted by Crippen LogP contribution is -2.05. The Labute approximate surface area is 114 Å². The third-order valence-corrected chi connectivity index (χ3v) is 12.3. The normalized spacial score (nSPS) is 13.6. The molecule has 0 aromatic heterocycles. The maximum Gasteiger partial charge on any atom is 0.130 e. The Hall–Kier alpha value is 2.42. The van der Waals surface area contributed by atoms with Gasteiger partial charge in [-0.2, -0.15) is 0 Å². The molecule has 0 aliphatic rings. The third kappa shape index (κ3) is 6.89. The summed E-state index contributed by atoms with van der Waals surface area (Å²) >= 11 is 33.5. The summed E-state index contributed by atoms with van der Waals surface area (Å²) in [5.74, 6) is 0. The van der Waals surface area contributed by atoms with Crippen molar-refractivity contribution in [2.24, 2.45) is 0 Å². The first-order valence-corrected chi connectivity index (χ1v) is 13.1. The highest BCUT2D eigenvalue weighted by molar-refractivity contribution is 8.49. The van der Waals surface area contributed by atoms with Crippen LogP contribution >= 0.6 is 54.4 Å². The lowest BCUT2D eigenvalue weighted by Gasteiger charge is -2.23. The highest BCUT2D eigenvalue weighted by atomic mass is 35.9. The van der Waals surface area contributed by atoms with Gasteiger partial charge in [0.1, 0.15) is 9.49 Å². The van der Waals surface area contributed by atoms with Gasteiger partial charge < -0.3 is 4.74 Å². The first kappa shape index (κ1) is 16.4. The maximum absolute atomic E-state index is 5.89. The van der Waals surface area contributed by atoms with Crippen molar-refractivity contribution in [3.05, 3.63) is 0 Å². The largest absolute Gasteiger partial charge is 0.382 e. The zero-order valence-electron chi connectivity index (χ0n) is 7.33. The summed E-state index contributed by atoms with van der Waals surface area (Å²) in [6.45, 7) is 2.99. The molecular formula is C5H10Cl4OP2S2. The van der Waals surface area contributed by atoms with Gasteiger partial charge in [-0.15, -0.1) is 0 Å². The van der Waals surface area contributed by atoms with E-state index in [0.29, 0.717) is 19.6 Å². The van der Waals surface area contributed by atoms with Crippen molar-refractivity contribution in [2.75, 3.05) is 13.2 Å². The lowest BCUT2D eigenvalue weighted by atomic mass is 10.5. The molecule has 0 aliphatic heterocycles. The highest BCUT2D eigenvalue weighted by Gasteiger charge is 2.34. The van der Waals surface area contributed by atoms with Crippen molar-refractivity contribution in [1.82, 2.24) is 0 Å². The Morgan fingerprint density at radius 1 is 1.14 bits per heavy atom. The fraction of sp³-hybridized carbons (Fsp3) is 1.00. The number of hydrogen-bond donors (Lipinski definition) is 0. The summed E-state index contributed by atoms with van der Waals surface area (Å²) < 4.78 is 0.0458. The first-order valence-electron chi connectivity index (χ1n) is 3.75. The summed E-state index contributed by atoms with van der Waals surface area (Å²) in [6, 6.07) is 0. The van der Waals surface area contributed by atoms with Gasteiger partial charge in [-0.1, -0.05) is 68.6 Å². The molecule has 0 aromatic carbocycles. The van der Waals surface area contributed by atoms with Gasteiger partial charge in [0.2, 0.25) is 0 Å². The van der Waals surface area contributed by atoms with Gasteiger partial charge in [0.05, 0.1) is 5.40 Å². The molecule has 0 saturated carbocycles. The van der Waals surface area contributed by atoms with Crippen molar-refractivity contribution < 1.29 is 4.74 Å². The molecule has 0 N–H and O–H groups in total. The fourth-order valence-electron chi connectivity index (χ4n) is 0.790. The average molecular weight is 354 g/mol. The minimum atomic E-state index is -2.56. The number of ether oxygens (including phenoxy) is 1. The Morgan fingerprint density at radius 2 is 1.57 bits per heavy atom. The molecule has 14 heavy (non-hydrogen) atoms. The van der Waals surface area contributed by atoms with Crippen molar-refractivity contribution in [3.8, 4) is 0 Å². The molecule has 0 heterocycles. The summed E-state index contributed by atoms with van der Waals surface area (Å²) in [6.07, 6.45) is 0.530. The predicted molar refractivity (Wildman–Crippen MR) is 76.9 cm³/mol. The highest BCUT2D eigenvalue weighted by Crippen LogP contribution is 2.79. The van der Waals surface area contributed by atoms with Crippen molar-refractivity contribution in [1.29, 1.82) is 0 Å². The van der Waals surface area contributed by atoms with Crippen LogP contribution in [0.25, 0.3) is 0 Å². The van der Waals surface area contributed by atoms with E-state index in [2.05, 4.69) is 0 Å². The van der Waals surface area contributed by atoms with Gasteiger partial charge in [-0.25, -0.2) is 0 Å². The van der Waals surface area contributed by atoms with E-state index in [0.717, 1.165) is 0 Å². The van der Waals surface area contributed by atoms with Gasteiger partial charge in [-0.3, -0.25) is 0 Å². The van der Waals surface area contributed by atoms with Crippen molar-refractivity contribution >= 4 is 78.1 Å². The molecule has 0 unspecified atom stereocenters. The monoisotopic (exact) mass is 352 g/mol. The van der Waals surface area contributed by atoms with Crippen LogP contribution in [0.1, 0.15) is 13.3 Å². The molecule has 0 bridgehead atoms. The van der Waals surface area contributed by atoms with Gasteiger partial charge in [-0.05, 0) is 13.3 Å². The zero-order chi connectivity index (χ0) is 11.4. The molecule has 1 nitrogen and oxygen atoms in total. The molecule has 0 atom stereocenters. The smallest absolute Gasteiger partial charge is 0.130 e. The second-order valence-electron chi connectivity index (χ2n) is 2.47. The minimum absolute atomic E-state index is 0.377. The number of halogens is 4. The zero-order valence-corrected chi connectivity index (χ0v) is 13.8. The van der Waals surface area contributed by atoms with E-state index in [4.69, 9.17) is 73.3 Å². The van der Waals surface area contributed by atoms with E-state index < -0.39 is 9.49 Å². The molecule has 0 rings (SSSR count). The van der Waals surface area contributed by atoms with Crippen molar-refractivity contribution in [3.63, 3.8) is 0 Å². The third-order valence-electron chi connectivity index (χ3n) is 1.42. The van der Waals surface area contributed by atoms with Crippen LogP contribution in [0.4, 0.5) is 0 Å². The van der Waals surface area contributed by atoms with Gasteiger partial charge in [0, 0.05) is 13.2 Å². The number of hydrogen-bond acceptors (Lipinski definition) is 3. The number of rotatable bonds is 6. The van der Waals surface area contributed by atoms with Crippen LogP contribution in [0.5, 0.6) is 0 Å². The summed E-state index contributed by atoms with van der Waals surface area (Å²) in [5, 5.41) is -0.377. The molecule has 0 saturated heterocycles. The Bertz CT molecular complexity index is 240. The predicted octanol–water partition coefficient (Wildman–Crippen LogP) is 5.31. The van der Waals surface area contributed by atoms with E-state index in [9.17, 15) is 0 Å². The molecule has 86 valence electrons. The second kappa shape index (κ2) is 6.99. The van der Waals surface area contributed by atoms with E-state index in [1.165, 1.54) is 0 Å². The SMILES string of the molecule is CCOCCC(P(=S)(Cl)Cl)P(=S)(Cl)Cl. The van der Waals surface area contributed by atoms with E-state index in [1.807, 2.05) is 6.92 Å². The second-order valence-corrected chi connectivity index (χ2v) is 19.4. The van der Waals surface area contributed by atoms with E-state index >= 15 is 0 Å². The minimum Gasteiger partial charge on any atom is -0.382 e. The Kier molecular flexibility index (Phi) is 8.20. The van der Waals surface area contributed by atoms with Gasteiger partial charge in [0.25, 0.3) is 0 Å². The molecule has 0 fully saturated rings. The maximum atomic E-state index is 5.89. The van der Waals surface area contributed by atoms with Crippen LogP contribution in [-0.2, 0) is 28.4 Å². The van der Waals surface area contributed by atoms with Crippen LogP contribution < -0.4 is 0 Å². The quantitative estimate of drug-likeness (QED) is 0.472. The molecule has 0 aromatic rings. The van der Waals surface area contributed by atoms with E-state index in [1.54, 1.807) is 0 Å². The lowest BCUT2D eigenvalue weighted by molar-refractivity contribution is 0.147. The first-order chi connectivity index (χ1) is 6.19. The van der Waals surface area contributed by atoms with Crippen molar-refractivity contribution in [2.45, 2.75) is 18.7 Å². The van der Waals surface area contributed by atoms with Crippen LogP contribution in [-0.4, -0.2) is 18.6 Å². The molecule has 9 heteroatoms. The molecular weight excluding hydrogens is 344 g/mol.